The molecule has 2 saturated heterocycles. The average Bonchev–Trinajstić information content (AvgIpc) is 3.37. The number of aromatic nitrogens is 2. The zero-order valence-electron chi connectivity index (χ0n) is 18.1. The summed E-state index contributed by atoms with van der Waals surface area (Å²) in [6.07, 6.45) is 8.01. The first-order valence-electron chi connectivity index (χ1n) is 11.4. The third-order valence-electron chi connectivity index (χ3n) is 6.63. The standard InChI is InChI=1S/C24H34N4O2/c1-2-30-23(29)22-21(16-25-26-22)17-28-15-12-24(19-28)11-7-14-27(18-24)13-6-10-20-8-4-3-5-9-20/h3-5,8-9,16H,2,6-7,10-15,17-19H2,1H3,(H,25,26). The van der Waals surface area contributed by atoms with Crippen LogP contribution in [-0.2, 0) is 17.7 Å². The Kier molecular flexibility index (Phi) is 6.85. The third kappa shape index (κ3) is 5.10. The second-order valence-electron chi connectivity index (χ2n) is 8.92. The molecule has 2 aliphatic rings. The quantitative estimate of drug-likeness (QED) is 0.675. The molecule has 0 saturated carbocycles. The van der Waals surface area contributed by atoms with Crippen molar-refractivity contribution in [2.24, 2.45) is 5.41 Å². The summed E-state index contributed by atoms with van der Waals surface area (Å²) < 4.78 is 5.15. The van der Waals surface area contributed by atoms with Gasteiger partial charge in [-0.2, -0.15) is 5.10 Å². The summed E-state index contributed by atoms with van der Waals surface area (Å²) in [5.74, 6) is -0.304. The Balaban J connectivity index is 1.28. The van der Waals surface area contributed by atoms with Crippen LogP contribution in [0.2, 0.25) is 0 Å². The highest BCUT2D eigenvalue weighted by Crippen LogP contribution is 2.39. The molecule has 3 heterocycles. The molecular formula is C24H34N4O2. The Morgan fingerprint density at radius 2 is 2.00 bits per heavy atom. The van der Waals surface area contributed by atoms with E-state index in [1.54, 1.807) is 6.20 Å². The van der Waals surface area contributed by atoms with E-state index in [2.05, 4.69) is 50.3 Å². The van der Waals surface area contributed by atoms with Crippen LogP contribution in [0.3, 0.4) is 0 Å². The molecule has 6 nitrogen and oxygen atoms in total. The third-order valence-corrected chi connectivity index (χ3v) is 6.63. The molecular weight excluding hydrogens is 376 g/mol. The van der Waals surface area contributed by atoms with Crippen molar-refractivity contribution in [2.75, 3.05) is 39.3 Å². The zero-order valence-corrected chi connectivity index (χ0v) is 18.1. The van der Waals surface area contributed by atoms with Crippen molar-refractivity contribution < 1.29 is 9.53 Å². The van der Waals surface area contributed by atoms with E-state index in [1.165, 1.54) is 50.9 Å². The summed E-state index contributed by atoms with van der Waals surface area (Å²) in [5, 5.41) is 6.90. The lowest BCUT2D eigenvalue weighted by Gasteiger charge is -2.40. The highest BCUT2D eigenvalue weighted by Gasteiger charge is 2.41. The van der Waals surface area contributed by atoms with Gasteiger partial charge < -0.3 is 9.64 Å². The number of carbonyl (C=O) groups is 1. The van der Waals surface area contributed by atoms with Gasteiger partial charge in [0.2, 0.25) is 0 Å². The average molecular weight is 411 g/mol. The number of piperidine rings is 1. The fraction of sp³-hybridized carbons (Fsp3) is 0.583. The minimum Gasteiger partial charge on any atom is -0.461 e. The van der Waals surface area contributed by atoms with Crippen molar-refractivity contribution in [2.45, 2.75) is 45.6 Å². The minimum atomic E-state index is -0.304. The van der Waals surface area contributed by atoms with Gasteiger partial charge in [0.15, 0.2) is 0 Å². The van der Waals surface area contributed by atoms with E-state index >= 15 is 0 Å². The molecule has 1 aromatic heterocycles. The lowest BCUT2D eigenvalue weighted by atomic mass is 9.79. The van der Waals surface area contributed by atoms with E-state index in [1.807, 2.05) is 6.92 Å². The molecule has 162 valence electrons. The molecule has 0 amide bonds. The number of rotatable bonds is 8. The largest absolute Gasteiger partial charge is 0.461 e. The summed E-state index contributed by atoms with van der Waals surface area (Å²) >= 11 is 0. The molecule has 6 heteroatoms. The number of hydrogen-bond donors (Lipinski definition) is 1. The first-order valence-corrected chi connectivity index (χ1v) is 11.4. The fourth-order valence-corrected chi connectivity index (χ4v) is 5.20. The van der Waals surface area contributed by atoms with Crippen LogP contribution in [0.1, 0.15) is 54.2 Å². The van der Waals surface area contributed by atoms with E-state index in [-0.39, 0.29) is 5.97 Å². The maximum Gasteiger partial charge on any atom is 0.356 e. The summed E-state index contributed by atoms with van der Waals surface area (Å²) in [6, 6.07) is 10.8. The van der Waals surface area contributed by atoms with Crippen LogP contribution in [0, 0.1) is 5.41 Å². The SMILES string of the molecule is CCOC(=O)c1[nH]ncc1CN1CCC2(CCCN(CCCc3ccccc3)C2)C1. The van der Waals surface area contributed by atoms with E-state index in [9.17, 15) is 4.79 Å². The number of esters is 1. The maximum absolute atomic E-state index is 12.1. The van der Waals surface area contributed by atoms with E-state index in [0.29, 0.717) is 17.7 Å². The number of H-pyrrole nitrogens is 1. The molecule has 0 radical (unpaired) electrons. The van der Waals surface area contributed by atoms with Gasteiger partial charge in [0.05, 0.1) is 12.8 Å². The van der Waals surface area contributed by atoms with Gasteiger partial charge in [-0.05, 0) is 69.6 Å². The smallest absolute Gasteiger partial charge is 0.356 e. The van der Waals surface area contributed by atoms with Gasteiger partial charge in [0, 0.05) is 25.2 Å². The fourth-order valence-electron chi connectivity index (χ4n) is 5.20. The Hall–Kier alpha value is -2.18. The van der Waals surface area contributed by atoms with Crippen molar-refractivity contribution in [3.8, 4) is 0 Å². The van der Waals surface area contributed by atoms with Crippen molar-refractivity contribution in [1.29, 1.82) is 0 Å². The predicted molar refractivity (Wildman–Crippen MR) is 117 cm³/mol. The highest BCUT2D eigenvalue weighted by atomic mass is 16.5. The number of nitrogens with one attached hydrogen (secondary N) is 1. The van der Waals surface area contributed by atoms with Gasteiger partial charge >= 0.3 is 5.97 Å². The molecule has 0 bridgehead atoms. The van der Waals surface area contributed by atoms with Crippen LogP contribution < -0.4 is 0 Å². The van der Waals surface area contributed by atoms with Gasteiger partial charge in [-0.15, -0.1) is 0 Å². The molecule has 1 aromatic carbocycles. The van der Waals surface area contributed by atoms with Gasteiger partial charge in [0.25, 0.3) is 0 Å². The highest BCUT2D eigenvalue weighted by molar-refractivity contribution is 5.88. The summed E-state index contributed by atoms with van der Waals surface area (Å²) in [6.45, 7) is 8.78. The summed E-state index contributed by atoms with van der Waals surface area (Å²) in [5.41, 5.74) is 3.29. The van der Waals surface area contributed by atoms with Crippen LogP contribution in [0.25, 0.3) is 0 Å². The number of nitrogens with zero attached hydrogens (tertiary/aromatic N) is 3. The molecule has 1 N–H and O–H groups in total. The van der Waals surface area contributed by atoms with Crippen LogP contribution >= 0.6 is 0 Å². The van der Waals surface area contributed by atoms with Crippen molar-refractivity contribution in [1.82, 2.24) is 20.0 Å². The van der Waals surface area contributed by atoms with Crippen molar-refractivity contribution in [3.05, 3.63) is 53.3 Å². The minimum absolute atomic E-state index is 0.304. The van der Waals surface area contributed by atoms with Crippen molar-refractivity contribution >= 4 is 5.97 Å². The number of aryl methyl sites for hydroxylation is 1. The van der Waals surface area contributed by atoms with Crippen LogP contribution in [0.15, 0.2) is 36.5 Å². The molecule has 4 rings (SSSR count). The maximum atomic E-state index is 12.1. The molecule has 1 spiro atoms. The van der Waals surface area contributed by atoms with Crippen LogP contribution in [0.5, 0.6) is 0 Å². The molecule has 2 aliphatic heterocycles. The second kappa shape index (κ2) is 9.75. The molecule has 1 unspecified atom stereocenters. The van der Waals surface area contributed by atoms with Crippen LogP contribution in [0.4, 0.5) is 0 Å². The van der Waals surface area contributed by atoms with Crippen LogP contribution in [-0.4, -0.2) is 65.3 Å². The molecule has 2 fully saturated rings. The summed E-state index contributed by atoms with van der Waals surface area (Å²) in [7, 11) is 0. The monoisotopic (exact) mass is 410 g/mol. The molecule has 2 aromatic rings. The number of carbonyl (C=O) groups excluding carboxylic acids is 1. The number of benzene rings is 1. The molecule has 30 heavy (non-hydrogen) atoms. The number of likely N-dealkylation sites (tertiary alicyclic amines) is 2. The molecule has 0 aliphatic carbocycles. The van der Waals surface area contributed by atoms with E-state index in [4.69, 9.17) is 4.74 Å². The van der Waals surface area contributed by atoms with Gasteiger partial charge in [-0.3, -0.25) is 10.00 Å². The first kappa shape index (κ1) is 21.1. The Morgan fingerprint density at radius 1 is 1.17 bits per heavy atom. The number of hydrogen-bond acceptors (Lipinski definition) is 5. The Labute approximate surface area is 179 Å². The van der Waals surface area contributed by atoms with Gasteiger partial charge in [0.1, 0.15) is 5.69 Å². The summed E-state index contributed by atoms with van der Waals surface area (Å²) in [4.78, 5) is 17.3. The number of aromatic amines is 1. The van der Waals surface area contributed by atoms with E-state index in [0.717, 1.165) is 31.6 Å². The van der Waals surface area contributed by atoms with Gasteiger partial charge in [-0.1, -0.05) is 30.3 Å². The van der Waals surface area contributed by atoms with Crippen molar-refractivity contribution in [3.63, 3.8) is 0 Å². The van der Waals surface area contributed by atoms with E-state index < -0.39 is 0 Å². The lowest BCUT2D eigenvalue weighted by molar-refractivity contribution is 0.0517. The first-order chi connectivity index (χ1) is 14.7. The topological polar surface area (TPSA) is 61.5 Å². The predicted octanol–water partition coefficient (Wildman–Crippen LogP) is 3.51. The molecule has 1 atom stereocenters. The zero-order chi connectivity index (χ0) is 20.8. The Bertz CT molecular complexity index is 822. The second-order valence-corrected chi connectivity index (χ2v) is 8.92. The lowest BCUT2D eigenvalue weighted by Crippen LogP contribution is -2.45. The normalized spacial score (nSPS) is 22.6. The van der Waals surface area contributed by atoms with Gasteiger partial charge in [-0.25, -0.2) is 4.79 Å². The number of ether oxygens (including phenoxy) is 1. The Morgan fingerprint density at radius 3 is 2.83 bits per heavy atom.